The number of hydrogen-bond donors (Lipinski definition) is 4. The Balaban J connectivity index is 1.69. The predicted molar refractivity (Wildman–Crippen MR) is 155 cm³/mol. The summed E-state index contributed by atoms with van der Waals surface area (Å²) < 4.78 is 0. The number of likely N-dealkylation sites (tertiary alicyclic amines) is 1. The standard InChI is InChI=1S/C31H42ClN3O4/c1-2-21-8-3-9-22(18-21)28-26(13-5-14-27(28)32)31(39,15-7-16-34-30(37)38)24-11-6-17-35(20-24)29(36)23-10-4-12-25(33)19-23/h3,5,8-9,13-14,18,23-25,34,39H,2,4,6-7,10-12,15-17,19-20,33H2,1H3,(H,37,38). The smallest absolute Gasteiger partial charge is 0.404 e. The first-order chi connectivity index (χ1) is 18.7. The fourth-order valence-electron chi connectivity index (χ4n) is 6.51. The van der Waals surface area contributed by atoms with Gasteiger partial charge in [0.2, 0.25) is 5.91 Å². The molecule has 5 N–H and O–H groups in total. The molecule has 39 heavy (non-hydrogen) atoms. The minimum atomic E-state index is -1.30. The Hall–Kier alpha value is -2.61. The molecule has 8 heteroatoms. The minimum absolute atomic E-state index is 0.0566. The molecule has 4 unspecified atom stereocenters. The Bertz CT molecular complexity index is 1160. The summed E-state index contributed by atoms with van der Waals surface area (Å²) in [6.45, 7) is 3.46. The fraction of sp³-hybridized carbons (Fsp3) is 0.548. The molecule has 2 aromatic rings. The van der Waals surface area contributed by atoms with Crippen molar-refractivity contribution in [1.82, 2.24) is 10.2 Å². The molecule has 1 saturated heterocycles. The lowest BCUT2D eigenvalue weighted by Gasteiger charge is -2.44. The lowest BCUT2D eigenvalue weighted by Crippen LogP contribution is -2.50. The van der Waals surface area contributed by atoms with E-state index < -0.39 is 11.7 Å². The van der Waals surface area contributed by atoms with E-state index in [4.69, 9.17) is 22.4 Å². The van der Waals surface area contributed by atoms with Gasteiger partial charge in [-0.1, -0.05) is 61.3 Å². The number of nitrogens with two attached hydrogens (primary N) is 1. The Morgan fingerprint density at radius 2 is 1.95 bits per heavy atom. The van der Waals surface area contributed by atoms with Gasteiger partial charge in [0, 0.05) is 48.1 Å². The number of piperidine rings is 1. The average molecular weight is 556 g/mol. The molecule has 2 aromatic carbocycles. The molecule has 2 aliphatic rings. The summed E-state index contributed by atoms with van der Waals surface area (Å²) in [6, 6.07) is 13.9. The van der Waals surface area contributed by atoms with Gasteiger partial charge >= 0.3 is 6.09 Å². The highest BCUT2D eigenvalue weighted by Crippen LogP contribution is 2.46. The van der Waals surface area contributed by atoms with Gasteiger partial charge in [0.25, 0.3) is 0 Å². The van der Waals surface area contributed by atoms with Crippen LogP contribution in [-0.4, -0.2) is 52.8 Å². The van der Waals surface area contributed by atoms with Gasteiger partial charge in [-0.15, -0.1) is 0 Å². The molecule has 1 saturated carbocycles. The molecule has 1 heterocycles. The largest absolute Gasteiger partial charge is 0.465 e. The number of amides is 2. The molecule has 4 rings (SSSR count). The van der Waals surface area contributed by atoms with E-state index in [0.717, 1.165) is 61.6 Å². The molecule has 0 spiro atoms. The van der Waals surface area contributed by atoms with Crippen molar-refractivity contribution >= 4 is 23.6 Å². The first-order valence-electron chi connectivity index (χ1n) is 14.3. The van der Waals surface area contributed by atoms with Gasteiger partial charge in [-0.05, 0) is 74.1 Å². The van der Waals surface area contributed by atoms with Crippen LogP contribution in [0.2, 0.25) is 5.02 Å². The van der Waals surface area contributed by atoms with Crippen LogP contribution in [0.5, 0.6) is 0 Å². The van der Waals surface area contributed by atoms with Gasteiger partial charge < -0.3 is 26.2 Å². The molecule has 1 aliphatic heterocycles. The van der Waals surface area contributed by atoms with Gasteiger partial charge in [0.15, 0.2) is 0 Å². The summed E-state index contributed by atoms with van der Waals surface area (Å²) in [5, 5.41) is 24.7. The van der Waals surface area contributed by atoms with Crippen molar-refractivity contribution in [2.75, 3.05) is 19.6 Å². The van der Waals surface area contributed by atoms with Crippen LogP contribution < -0.4 is 11.1 Å². The Kier molecular flexibility index (Phi) is 9.91. The molecule has 1 aliphatic carbocycles. The van der Waals surface area contributed by atoms with Crippen LogP contribution in [0.3, 0.4) is 0 Å². The van der Waals surface area contributed by atoms with Crippen molar-refractivity contribution in [2.24, 2.45) is 17.6 Å². The van der Waals surface area contributed by atoms with Crippen LogP contribution in [0.4, 0.5) is 4.79 Å². The van der Waals surface area contributed by atoms with Crippen LogP contribution in [0.1, 0.15) is 69.4 Å². The minimum Gasteiger partial charge on any atom is -0.465 e. The van der Waals surface area contributed by atoms with Crippen molar-refractivity contribution in [1.29, 1.82) is 0 Å². The van der Waals surface area contributed by atoms with Gasteiger partial charge in [0.05, 0.1) is 5.60 Å². The van der Waals surface area contributed by atoms with E-state index in [1.807, 2.05) is 35.2 Å². The average Bonchev–Trinajstić information content (AvgIpc) is 2.94. The summed E-state index contributed by atoms with van der Waals surface area (Å²) in [6.07, 6.45) is 5.67. The van der Waals surface area contributed by atoms with Crippen LogP contribution >= 0.6 is 11.6 Å². The van der Waals surface area contributed by atoms with Crippen LogP contribution in [0, 0.1) is 11.8 Å². The lowest BCUT2D eigenvalue weighted by molar-refractivity contribution is -0.142. The summed E-state index contributed by atoms with van der Waals surface area (Å²) in [5.74, 6) is -0.130. The van der Waals surface area contributed by atoms with E-state index in [1.54, 1.807) is 0 Å². The van der Waals surface area contributed by atoms with E-state index in [1.165, 1.54) is 5.56 Å². The number of nitrogens with one attached hydrogen (secondary N) is 1. The number of aryl methyl sites for hydroxylation is 1. The highest BCUT2D eigenvalue weighted by molar-refractivity contribution is 6.33. The number of benzene rings is 2. The Morgan fingerprint density at radius 1 is 1.15 bits per heavy atom. The molecule has 0 bridgehead atoms. The third-order valence-corrected chi connectivity index (χ3v) is 8.90. The SMILES string of the molecule is CCc1cccc(-c2c(Cl)cccc2C(O)(CCCNC(=O)O)C2CCCN(C(=O)C3CCCC(N)C3)C2)c1. The quantitative estimate of drug-likeness (QED) is 0.302. The van der Waals surface area contributed by atoms with Gasteiger partial charge in [0.1, 0.15) is 0 Å². The number of carbonyl (C=O) groups excluding carboxylic acids is 1. The van der Waals surface area contributed by atoms with Crippen molar-refractivity contribution in [2.45, 2.75) is 76.4 Å². The summed E-state index contributed by atoms with van der Waals surface area (Å²) >= 11 is 6.82. The first kappa shape index (κ1) is 29.4. The van der Waals surface area contributed by atoms with E-state index >= 15 is 0 Å². The predicted octanol–water partition coefficient (Wildman–Crippen LogP) is 5.56. The third-order valence-electron chi connectivity index (χ3n) is 8.59. The maximum atomic E-state index is 13.5. The molecule has 212 valence electrons. The maximum Gasteiger partial charge on any atom is 0.404 e. The van der Waals surface area contributed by atoms with Gasteiger partial charge in [-0.3, -0.25) is 4.79 Å². The molecule has 4 atom stereocenters. The first-order valence-corrected chi connectivity index (χ1v) is 14.7. The van der Waals surface area contributed by atoms with Crippen molar-refractivity contribution in [3.05, 3.63) is 58.6 Å². The van der Waals surface area contributed by atoms with E-state index in [0.29, 0.717) is 31.0 Å². The molecular weight excluding hydrogens is 514 g/mol. The molecular formula is C31H42ClN3O4. The Morgan fingerprint density at radius 3 is 2.69 bits per heavy atom. The van der Waals surface area contributed by atoms with Crippen molar-refractivity contribution < 1.29 is 19.8 Å². The van der Waals surface area contributed by atoms with Crippen molar-refractivity contribution in [3.8, 4) is 11.1 Å². The van der Waals surface area contributed by atoms with Crippen molar-refractivity contribution in [3.63, 3.8) is 0 Å². The van der Waals surface area contributed by atoms with E-state index in [9.17, 15) is 14.7 Å². The number of rotatable bonds is 9. The number of nitrogens with zero attached hydrogens (tertiary/aromatic N) is 1. The monoisotopic (exact) mass is 555 g/mol. The normalized spacial score (nSPS) is 23.2. The Labute approximate surface area is 236 Å². The highest BCUT2D eigenvalue weighted by Gasteiger charge is 2.43. The van der Waals surface area contributed by atoms with E-state index in [-0.39, 0.29) is 30.3 Å². The highest BCUT2D eigenvalue weighted by atomic mass is 35.5. The number of hydrogen-bond acceptors (Lipinski definition) is 4. The second-order valence-electron chi connectivity index (χ2n) is 11.2. The summed E-state index contributed by atoms with van der Waals surface area (Å²) in [5.41, 5.74) is 8.53. The zero-order valence-electron chi connectivity index (χ0n) is 22.9. The van der Waals surface area contributed by atoms with Crippen LogP contribution in [0.15, 0.2) is 42.5 Å². The third kappa shape index (κ3) is 6.94. The summed E-state index contributed by atoms with van der Waals surface area (Å²) in [7, 11) is 0. The topological polar surface area (TPSA) is 116 Å². The molecule has 7 nitrogen and oxygen atoms in total. The second-order valence-corrected chi connectivity index (χ2v) is 11.6. The number of carbonyl (C=O) groups is 2. The fourth-order valence-corrected chi connectivity index (χ4v) is 6.80. The molecule has 2 amide bonds. The number of carboxylic acid groups (broad SMARTS) is 1. The number of halogens is 1. The van der Waals surface area contributed by atoms with E-state index in [2.05, 4.69) is 24.4 Å². The van der Waals surface area contributed by atoms with Gasteiger partial charge in [-0.25, -0.2) is 4.79 Å². The van der Waals surface area contributed by atoms with Crippen LogP contribution in [-0.2, 0) is 16.8 Å². The zero-order valence-corrected chi connectivity index (χ0v) is 23.6. The molecule has 0 radical (unpaired) electrons. The molecule has 0 aromatic heterocycles. The summed E-state index contributed by atoms with van der Waals surface area (Å²) in [4.78, 5) is 26.6. The lowest BCUT2D eigenvalue weighted by atomic mass is 9.72. The molecule has 2 fully saturated rings. The second kappa shape index (κ2) is 13.2. The van der Waals surface area contributed by atoms with Gasteiger partial charge in [-0.2, -0.15) is 0 Å². The maximum absolute atomic E-state index is 13.5. The number of aliphatic hydroxyl groups is 1. The van der Waals surface area contributed by atoms with Crippen LogP contribution in [0.25, 0.3) is 11.1 Å². The zero-order chi connectivity index (χ0) is 28.0.